The monoisotopic (exact) mass is 635 g/mol. The van der Waals surface area contributed by atoms with Crippen LogP contribution in [0.15, 0.2) is 69.9 Å². The van der Waals surface area contributed by atoms with Crippen LogP contribution in [0.1, 0.15) is 66.3 Å². The largest absolute Gasteiger partial charge is 0.507 e. The van der Waals surface area contributed by atoms with Crippen LogP contribution in [0.25, 0.3) is 11.0 Å². The number of phenols is 1. The number of hydrogen-bond acceptors (Lipinski definition) is 7. The van der Waals surface area contributed by atoms with E-state index < -0.39 is 5.60 Å². The van der Waals surface area contributed by atoms with Gasteiger partial charge in [0.05, 0.1) is 12.2 Å². The molecule has 238 valence electrons. The fourth-order valence-electron chi connectivity index (χ4n) is 5.96. The second-order valence-corrected chi connectivity index (χ2v) is 12.6. The molecule has 1 aromatic heterocycles. The zero-order valence-electron chi connectivity index (χ0n) is 25.7. The number of ketones is 1. The van der Waals surface area contributed by atoms with Crippen LogP contribution >= 0.6 is 11.6 Å². The van der Waals surface area contributed by atoms with Crippen molar-refractivity contribution in [1.82, 2.24) is 4.90 Å². The molecule has 3 aromatic carbocycles. The number of aliphatic hydroxyl groups is 1. The summed E-state index contributed by atoms with van der Waals surface area (Å²) in [6.45, 7) is 6.86. The molecule has 3 heterocycles. The molecule has 4 aromatic rings. The highest BCUT2D eigenvalue weighted by Crippen LogP contribution is 2.38. The fourth-order valence-corrected chi connectivity index (χ4v) is 6.08. The molecule has 2 aliphatic rings. The molecule has 45 heavy (non-hydrogen) atoms. The van der Waals surface area contributed by atoms with E-state index in [0.29, 0.717) is 71.5 Å². The molecule has 9 heteroatoms. The summed E-state index contributed by atoms with van der Waals surface area (Å²) < 4.78 is 24.1. The van der Waals surface area contributed by atoms with Gasteiger partial charge in [-0.15, -0.1) is 0 Å². The summed E-state index contributed by atoms with van der Waals surface area (Å²) in [6.07, 6.45) is 4.19. The van der Waals surface area contributed by atoms with Crippen molar-refractivity contribution in [2.75, 3.05) is 26.2 Å². The average Bonchev–Trinajstić information content (AvgIpc) is 3.20. The molecular weight excluding hydrogens is 597 g/mol. The Bertz CT molecular complexity index is 1690. The van der Waals surface area contributed by atoms with Crippen LogP contribution in [-0.2, 0) is 12.0 Å². The van der Waals surface area contributed by atoms with Gasteiger partial charge in [-0.25, -0.2) is 4.39 Å². The molecule has 0 amide bonds. The first-order chi connectivity index (χ1) is 21.5. The highest BCUT2D eigenvalue weighted by molar-refractivity contribution is 6.30. The van der Waals surface area contributed by atoms with E-state index in [1.807, 2.05) is 24.3 Å². The van der Waals surface area contributed by atoms with Crippen LogP contribution in [0.3, 0.4) is 0 Å². The van der Waals surface area contributed by atoms with Gasteiger partial charge in [0.25, 0.3) is 0 Å². The van der Waals surface area contributed by atoms with Gasteiger partial charge in [0.2, 0.25) is 0 Å². The summed E-state index contributed by atoms with van der Waals surface area (Å²) in [5, 5.41) is 22.1. The van der Waals surface area contributed by atoms with Crippen molar-refractivity contribution in [2.45, 2.75) is 58.0 Å². The Kier molecular flexibility index (Phi) is 10.3. The van der Waals surface area contributed by atoms with E-state index in [4.69, 9.17) is 20.8 Å². The second kappa shape index (κ2) is 14.1. The first-order valence-corrected chi connectivity index (χ1v) is 15.8. The Morgan fingerprint density at radius 2 is 1.78 bits per heavy atom. The van der Waals surface area contributed by atoms with Gasteiger partial charge < -0.3 is 24.3 Å². The van der Waals surface area contributed by atoms with Crippen molar-refractivity contribution in [1.29, 1.82) is 0 Å². The number of halogens is 2. The van der Waals surface area contributed by atoms with Gasteiger partial charge in [0.15, 0.2) is 11.2 Å². The summed E-state index contributed by atoms with van der Waals surface area (Å²) in [5.74, 6) is 1.31. The normalized spacial score (nSPS) is 17.8. The minimum atomic E-state index is -0.801. The molecule has 0 spiro atoms. The third-order valence-electron chi connectivity index (χ3n) is 8.70. The standard InChI is InChI=1S/C21H23ClFNO2.C15H16O4/c22-18-7-5-17(6-8-18)21(26)11-14-24(15-12-21)13-1-2-20(25)16-3-9-19(23)10-4-16;1-8-3-4-10-12(18-7-8)6-13-14(15(10)17)11(16)5-9(2)19-13/h3-10,26H,1-2,11-15H2;5-6,8,17H,3-4,7H2,1-2H3. The summed E-state index contributed by atoms with van der Waals surface area (Å²) >= 11 is 5.92. The smallest absolute Gasteiger partial charge is 0.196 e. The summed E-state index contributed by atoms with van der Waals surface area (Å²) in [5.41, 5.74) is 1.56. The number of carbonyl (C=O) groups is 1. The molecule has 0 bridgehead atoms. The number of benzene rings is 3. The maximum Gasteiger partial charge on any atom is 0.196 e. The van der Waals surface area contributed by atoms with E-state index >= 15 is 0 Å². The molecule has 7 nitrogen and oxygen atoms in total. The Balaban J connectivity index is 0.000000186. The lowest BCUT2D eigenvalue weighted by Gasteiger charge is -2.38. The number of likely N-dealkylation sites (tertiary alicyclic amines) is 1. The quantitative estimate of drug-likeness (QED) is 0.216. The summed E-state index contributed by atoms with van der Waals surface area (Å²) in [4.78, 5) is 26.4. The number of phenolic OH excluding ortho intramolecular Hbond substituents is 1. The predicted octanol–water partition coefficient (Wildman–Crippen LogP) is 7.19. The van der Waals surface area contributed by atoms with Crippen molar-refractivity contribution in [3.05, 3.63) is 104 Å². The van der Waals surface area contributed by atoms with Crippen LogP contribution in [0.5, 0.6) is 11.5 Å². The van der Waals surface area contributed by atoms with Crippen molar-refractivity contribution >= 4 is 28.4 Å². The number of ether oxygens (including phenoxy) is 1. The van der Waals surface area contributed by atoms with Gasteiger partial charge in [0, 0.05) is 47.8 Å². The zero-order chi connectivity index (χ0) is 32.1. The predicted molar refractivity (Wildman–Crippen MR) is 173 cm³/mol. The third-order valence-corrected chi connectivity index (χ3v) is 8.95. The lowest BCUT2D eigenvalue weighted by molar-refractivity contribution is -0.0260. The Morgan fingerprint density at radius 1 is 1.09 bits per heavy atom. The highest BCUT2D eigenvalue weighted by Gasteiger charge is 2.33. The van der Waals surface area contributed by atoms with Crippen LogP contribution in [-0.4, -0.2) is 47.1 Å². The van der Waals surface area contributed by atoms with E-state index in [1.54, 1.807) is 13.0 Å². The van der Waals surface area contributed by atoms with E-state index in [9.17, 15) is 24.2 Å². The summed E-state index contributed by atoms with van der Waals surface area (Å²) in [6, 6.07) is 16.2. The molecule has 0 saturated carbocycles. The molecule has 0 aliphatic carbocycles. The van der Waals surface area contributed by atoms with Crippen molar-refractivity contribution in [2.24, 2.45) is 5.92 Å². The second-order valence-electron chi connectivity index (χ2n) is 12.2. The molecule has 1 unspecified atom stereocenters. The lowest BCUT2D eigenvalue weighted by atomic mass is 9.84. The van der Waals surface area contributed by atoms with E-state index in [2.05, 4.69) is 11.8 Å². The number of piperidine rings is 1. The fraction of sp³-hybridized carbons (Fsp3) is 0.389. The SMILES string of the molecule is Cc1cc(=O)c2c(O)c3c(cc2o1)OCC(C)CC3.O=C(CCCN1CCC(O)(c2ccc(Cl)cc2)CC1)c1ccc(F)cc1. The molecule has 1 atom stereocenters. The minimum Gasteiger partial charge on any atom is -0.507 e. The first-order valence-electron chi connectivity index (χ1n) is 15.4. The van der Waals surface area contributed by atoms with Crippen LogP contribution in [0.4, 0.5) is 4.39 Å². The average molecular weight is 636 g/mol. The Morgan fingerprint density at radius 3 is 2.47 bits per heavy atom. The molecule has 1 saturated heterocycles. The van der Waals surface area contributed by atoms with E-state index in [-0.39, 0.29) is 28.2 Å². The molecule has 0 radical (unpaired) electrons. The number of hydrogen-bond donors (Lipinski definition) is 2. The number of rotatable bonds is 6. The first kappa shape index (κ1) is 32.7. The molecular formula is C36H39ClFNO6. The highest BCUT2D eigenvalue weighted by atomic mass is 35.5. The Hall–Kier alpha value is -3.72. The van der Waals surface area contributed by atoms with Crippen LogP contribution in [0, 0.1) is 18.7 Å². The molecule has 2 N–H and O–H groups in total. The molecule has 1 fully saturated rings. The topological polar surface area (TPSA) is 100 Å². The van der Waals surface area contributed by atoms with Gasteiger partial charge in [-0.1, -0.05) is 30.7 Å². The van der Waals surface area contributed by atoms with Crippen molar-refractivity contribution < 1.29 is 28.6 Å². The maximum atomic E-state index is 12.9. The van der Waals surface area contributed by atoms with Crippen molar-refractivity contribution in [3.8, 4) is 11.5 Å². The van der Waals surface area contributed by atoms with Crippen LogP contribution in [0.2, 0.25) is 5.02 Å². The summed E-state index contributed by atoms with van der Waals surface area (Å²) in [7, 11) is 0. The maximum absolute atomic E-state index is 12.9. The van der Waals surface area contributed by atoms with Crippen molar-refractivity contribution in [3.63, 3.8) is 0 Å². The molecule has 6 rings (SSSR count). The number of aryl methyl sites for hydroxylation is 1. The van der Waals surface area contributed by atoms with Gasteiger partial charge >= 0.3 is 0 Å². The Labute approximate surface area is 267 Å². The number of Topliss-reactive ketones (excluding diaryl/α,β-unsaturated/α-hetero) is 1. The van der Waals surface area contributed by atoms with Gasteiger partial charge in [-0.3, -0.25) is 9.59 Å². The van der Waals surface area contributed by atoms with Gasteiger partial charge in [-0.05, 0) is 93.5 Å². The van der Waals surface area contributed by atoms with Gasteiger partial charge in [-0.2, -0.15) is 0 Å². The number of nitrogens with zero attached hydrogens (tertiary/aromatic N) is 1. The number of fused-ring (bicyclic) bond motifs is 2. The van der Waals surface area contributed by atoms with E-state index in [1.165, 1.54) is 30.3 Å². The van der Waals surface area contributed by atoms with Crippen LogP contribution < -0.4 is 10.2 Å². The minimum absolute atomic E-state index is 0.00958. The van der Waals surface area contributed by atoms with E-state index in [0.717, 1.165) is 38.0 Å². The lowest BCUT2D eigenvalue weighted by Crippen LogP contribution is -2.42. The molecule has 2 aliphatic heterocycles. The number of aromatic hydroxyl groups is 1. The third kappa shape index (κ3) is 7.93. The number of carbonyl (C=O) groups excluding carboxylic acids is 1. The van der Waals surface area contributed by atoms with Gasteiger partial charge in [0.1, 0.15) is 34.0 Å². The zero-order valence-corrected chi connectivity index (χ0v) is 26.4.